The van der Waals surface area contributed by atoms with E-state index in [9.17, 15) is 14.0 Å². The molecule has 3 fully saturated rings. The fourth-order valence-corrected chi connectivity index (χ4v) is 5.18. The van der Waals surface area contributed by atoms with Crippen molar-refractivity contribution in [3.8, 4) is 5.75 Å². The number of ether oxygens (including phenoxy) is 1. The zero-order valence-corrected chi connectivity index (χ0v) is 18.1. The van der Waals surface area contributed by atoms with Crippen LogP contribution in [0.4, 0.5) is 4.39 Å². The van der Waals surface area contributed by atoms with Crippen LogP contribution in [0.15, 0.2) is 24.3 Å². The SMILES string of the molecule is O=C(CCCC1NC(=O)C2CCCCC2N1)NC1CCC(Oc2ccc(F)cc2)CC1. The van der Waals surface area contributed by atoms with Crippen LogP contribution in [0, 0.1) is 11.7 Å². The van der Waals surface area contributed by atoms with E-state index in [4.69, 9.17) is 4.74 Å². The summed E-state index contributed by atoms with van der Waals surface area (Å²) in [4.78, 5) is 24.7. The molecule has 4 rings (SSSR count). The lowest BCUT2D eigenvalue weighted by molar-refractivity contribution is -0.130. The second kappa shape index (κ2) is 10.4. The molecule has 3 unspecified atom stereocenters. The molecule has 6 nitrogen and oxygen atoms in total. The van der Waals surface area contributed by atoms with Gasteiger partial charge < -0.3 is 15.4 Å². The molecule has 1 aromatic carbocycles. The molecule has 1 saturated heterocycles. The lowest BCUT2D eigenvalue weighted by atomic mass is 9.82. The first-order valence-electron chi connectivity index (χ1n) is 11.8. The smallest absolute Gasteiger partial charge is 0.225 e. The Balaban J connectivity index is 1.11. The highest BCUT2D eigenvalue weighted by Crippen LogP contribution is 2.28. The number of benzene rings is 1. The minimum absolute atomic E-state index is 0.0151. The number of fused-ring (bicyclic) bond motifs is 1. The molecule has 1 aliphatic heterocycles. The Morgan fingerprint density at radius 2 is 1.81 bits per heavy atom. The molecule has 0 radical (unpaired) electrons. The Hall–Kier alpha value is -2.15. The van der Waals surface area contributed by atoms with Crippen molar-refractivity contribution in [2.24, 2.45) is 5.92 Å². The Morgan fingerprint density at radius 3 is 2.58 bits per heavy atom. The Kier molecular flexibility index (Phi) is 7.43. The first-order valence-corrected chi connectivity index (χ1v) is 11.8. The first-order chi connectivity index (χ1) is 15.1. The van der Waals surface area contributed by atoms with Crippen LogP contribution >= 0.6 is 0 Å². The molecule has 1 heterocycles. The summed E-state index contributed by atoms with van der Waals surface area (Å²) in [5, 5.41) is 9.80. The van der Waals surface area contributed by atoms with Crippen LogP contribution < -0.4 is 20.7 Å². The highest BCUT2D eigenvalue weighted by atomic mass is 19.1. The number of halogens is 1. The van der Waals surface area contributed by atoms with Crippen molar-refractivity contribution < 1.29 is 18.7 Å². The average molecular weight is 432 g/mol. The van der Waals surface area contributed by atoms with Gasteiger partial charge in [0, 0.05) is 18.5 Å². The van der Waals surface area contributed by atoms with Crippen molar-refractivity contribution in [2.75, 3.05) is 0 Å². The summed E-state index contributed by atoms with van der Waals surface area (Å²) in [6, 6.07) is 6.61. The maximum atomic E-state index is 13.0. The van der Waals surface area contributed by atoms with E-state index in [1.54, 1.807) is 12.1 Å². The maximum Gasteiger partial charge on any atom is 0.225 e. The molecule has 2 amide bonds. The van der Waals surface area contributed by atoms with Crippen LogP contribution in [-0.4, -0.2) is 36.2 Å². The van der Waals surface area contributed by atoms with E-state index in [0.717, 1.165) is 57.8 Å². The van der Waals surface area contributed by atoms with E-state index in [0.29, 0.717) is 18.2 Å². The van der Waals surface area contributed by atoms with E-state index in [1.165, 1.54) is 18.6 Å². The Bertz CT molecular complexity index is 749. The first kappa shape index (κ1) is 22.1. The summed E-state index contributed by atoms with van der Waals surface area (Å²) in [5.74, 6) is 0.809. The van der Waals surface area contributed by atoms with Crippen LogP contribution in [-0.2, 0) is 9.59 Å². The zero-order valence-electron chi connectivity index (χ0n) is 18.1. The minimum atomic E-state index is -0.265. The van der Waals surface area contributed by atoms with Crippen molar-refractivity contribution in [1.29, 1.82) is 0 Å². The van der Waals surface area contributed by atoms with Gasteiger partial charge in [-0.3, -0.25) is 14.9 Å². The second-order valence-electron chi connectivity index (χ2n) is 9.23. The number of hydrogen-bond donors (Lipinski definition) is 3. The van der Waals surface area contributed by atoms with Crippen LogP contribution in [0.1, 0.15) is 70.6 Å². The topological polar surface area (TPSA) is 79.5 Å². The average Bonchev–Trinajstić information content (AvgIpc) is 2.77. The van der Waals surface area contributed by atoms with Gasteiger partial charge in [0.05, 0.1) is 18.2 Å². The second-order valence-corrected chi connectivity index (χ2v) is 9.23. The monoisotopic (exact) mass is 431 g/mol. The van der Waals surface area contributed by atoms with Crippen molar-refractivity contribution in [3.63, 3.8) is 0 Å². The fourth-order valence-electron chi connectivity index (χ4n) is 5.18. The molecule has 2 saturated carbocycles. The summed E-state index contributed by atoms with van der Waals surface area (Å²) in [7, 11) is 0. The van der Waals surface area contributed by atoms with Crippen molar-refractivity contribution in [3.05, 3.63) is 30.1 Å². The number of amides is 2. The molecule has 0 bridgehead atoms. The van der Waals surface area contributed by atoms with Gasteiger partial charge in [-0.25, -0.2) is 4.39 Å². The van der Waals surface area contributed by atoms with E-state index in [-0.39, 0.29) is 41.9 Å². The largest absolute Gasteiger partial charge is 0.490 e. The molecule has 170 valence electrons. The van der Waals surface area contributed by atoms with Gasteiger partial charge >= 0.3 is 0 Å². The van der Waals surface area contributed by atoms with Gasteiger partial charge in [-0.15, -0.1) is 0 Å². The summed E-state index contributed by atoms with van der Waals surface area (Å²) < 4.78 is 18.9. The van der Waals surface area contributed by atoms with Gasteiger partial charge in [0.1, 0.15) is 11.6 Å². The van der Waals surface area contributed by atoms with E-state index < -0.39 is 0 Å². The maximum absolute atomic E-state index is 13.0. The number of hydrogen-bond acceptors (Lipinski definition) is 4. The molecule has 0 aromatic heterocycles. The van der Waals surface area contributed by atoms with Crippen molar-refractivity contribution in [1.82, 2.24) is 16.0 Å². The quantitative estimate of drug-likeness (QED) is 0.618. The van der Waals surface area contributed by atoms with Gasteiger partial charge in [0.15, 0.2) is 0 Å². The summed E-state index contributed by atoms with van der Waals surface area (Å²) >= 11 is 0. The zero-order chi connectivity index (χ0) is 21.6. The predicted molar refractivity (Wildman–Crippen MR) is 116 cm³/mol. The van der Waals surface area contributed by atoms with Crippen LogP contribution in [0.2, 0.25) is 0 Å². The van der Waals surface area contributed by atoms with Crippen LogP contribution in [0.5, 0.6) is 5.75 Å². The summed E-state index contributed by atoms with van der Waals surface area (Å²) in [6.45, 7) is 0. The van der Waals surface area contributed by atoms with Crippen molar-refractivity contribution in [2.45, 2.75) is 95.0 Å². The highest BCUT2D eigenvalue weighted by molar-refractivity contribution is 5.80. The fraction of sp³-hybridized carbons (Fsp3) is 0.667. The number of nitrogens with one attached hydrogen (secondary N) is 3. The molecule has 0 spiro atoms. The van der Waals surface area contributed by atoms with Crippen LogP contribution in [0.3, 0.4) is 0 Å². The summed E-state index contributed by atoms with van der Waals surface area (Å²) in [5.41, 5.74) is 0. The highest BCUT2D eigenvalue weighted by Gasteiger charge is 2.37. The van der Waals surface area contributed by atoms with Gasteiger partial charge in [-0.1, -0.05) is 12.8 Å². The molecule has 3 atom stereocenters. The van der Waals surface area contributed by atoms with Gasteiger partial charge in [-0.05, 0) is 75.6 Å². The molecular weight excluding hydrogens is 397 g/mol. The number of carbonyl (C=O) groups is 2. The molecule has 31 heavy (non-hydrogen) atoms. The Morgan fingerprint density at radius 1 is 1.06 bits per heavy atom. The van der Waals surface area contributed by atoms with E-state index in [1.807, 2.05) is 0 Å². The van der Waals surface area contributed by atoms with Gasteiger partial charge in [0.25, 0.3) is 0 Å². The Labute approximate surface area is 183 Å². The van der Waals surface area contributed by atoms with E-state index in [2.05, 4.69) is 16.0 Å². The van der Waals surface area contributed by atoms with Crippen LogP contribution in [0.25, 0.3) is 0 Å². The van der Waals surface area contributed by atoms with Crippen molar-refractivity contribution >= 4 is 11.8 Å². The summed E-state index contributed by atoms with van der Waals surface area (Å²) in [6.07, 6.45) is 10.0. The minimum Gasteiger partial charge on any atom is -0.490 e. The lowest BCUT2D eigenvalue weighted by Gasteiger charge is -2.40. The molecule has 3 N–H and O–H groups in total. The number of rotatable bonds is 7. The standard InChI is InChI=1S/C24H34FN3O3/c25-16-8-12-18(13-9-16)31-19-14-10-17(11-15-19)26-23(29)7-3-6-22-27-21-5-2-1-4-20(21)24(30)28-22/h8-9,12-13,17,19-22,27H,1-7,10-11,14-15H2,(H,26,29)(H,28,30). The number of carbonyl (C=O) groups excluding carboxylic acids is 2. The molecule has 1 aromatic rings. The van der Waals surface area contributed by atoms with Gasteiger partial charge in [-0.2, -0.15) is 0 Å². The molecule has 7 heteroatoms. The van der Waals surface area contributed by atoms with Gasteiger partial charge in [0.2, 0.25) is 11.8 Å². The normalized spacial score (nSPS) is 30.7. The molecule has 3 aliphatic rings. The third-order valence-electron chi connectivity index (χ3n) is 6.89. The third-order valence-corrected chi connectivity index (χ3v) is 6.89. The van der Waals surface area contributed by atoms with E-state index >= 15 is 0 Å². The third kappa shape index (κ3) is 6.19. The molecule has 2 aliphatic carbocycles. The molecular formula is C24H34FN3O3. The lowest BCUT2D eigenvalue weighted by Crippen LogP contribution is -2.62. The predicted octanol–water partition coefficient (Wildman–Crippen LogP) is 3.41.